The van der Waals surface area contributed by atoms with Gasteiger partial charge in [-0.25, -0.2) is 13.8 Å². The fourth-order valence-electron chi connectivity index (χ4n) is 2.11. The number of carbonyl (C=O) groups excluding carboxylic acids is 1. The number of anilines is 1. The summed E-state index contributed by atoms with van der Waals surface area (Å²) >= 11 is 1.12. The minimum atomic E-state index is -0.736. The maximum atomic E-state index is 13.8. The van der Waals surface area contributed by atoms with E-state index in [4.69, 9.17) is 4.74 Å². The Labute approximate surface area is 147 Å². The number of rotatable bonds is 5. The van der Waals surface area contributed by atoms with E-state index in [-0.39, 0.29) is 22.3 Å². The fraction of sp³-hybridized carbons (Fsp3) is 0.111. The molecule has 1 amide bonds. The quantitative estimate of drug-likeness (QED) is 0.729. The zero-order valence-corrected chi connectivity index (χ0v) is 14.0. The van der Waals surface area contributed by atoms with Gasteiger partial charge in [-0.15, -0.1) is 11.3 Å². The molecule has 0 aliphatic heterocycles. The van der Waals surface area contributed by atoms with E-state index in [0.717, 1.165) is 29.5 Å². The standard InChI is InChI=1S/C18H14F2N2O2S/c1-11(24-13-5-3-2-4-6-13)17(23)22-18-21-16(10-25-18)14-9-12(19)7-8-15(14)20/h2-11H,1H3,(H,21,22,23)/t11-/m1/s1. The lowest BCUT2D eigenvalue weighted by molar-refractivity contribution is -0.122. The van der Waals surface area contributed by atoms with Crippen LogP contribution in [0.2, 0.25) is 0 Å². The molecule has 0 aliphatic rings. The minimum Gasteiger partial charge on any atom is -0.481 e. The predicted octanol–water partition coefficient (Wildman–Crippen LogP) is 4.49. The van der Waals surface area contributed by atoms with Crippen LogP contribution in [0.4, 0.5) is 13.9 Å². The number of thiazole rings is 1. The van der Waals surface area contributed by atoms with Crippen molar-refractivity contribution in [2.45, 2.75) is 13.0 Å². The average molecular weight is 360 g/mol. The number of ether oxygens (including phenoxy) is 1. The van der Waals surface area contributed by atoms with E-state index < -0.39 is 17.7 Å². The Morgan fingerprint density at radius 3 is 2.72 bits per heavy atom. The number of carbonyl (C=O) groups is 1. The number of amides is 1. The first-order chi connectivity index (χ1) is 12.0. The van der Waals surface area contributed by atoms with Gasteiger partial charge in [0.15, 0.2) is 11.2 Å². The average Bonchev–Trinajstić information content (AvgIpc) is 3.06. The van der Waals surface area contributed by atoms with Crippen LogP contribution in [0, 0.1) is 11.6 Å². The van der Waals surface area contributed by atoms with Gasteiger partial charge in [0.2, 0.25) is 0 Å². The molecular formula is C18H14F2N2O2S. The van der Waals surface area contributed by atoms with E-state index in [0.29, 0.717) is 5.75 Å². The molecule has 3 aromatic rings. The second-order valence-corrected chi connectivity index (χ2v) is 6.08. The van der Waals surface area contributed by atoms with Crippen LogP contribution in [-0.2, 0) is 4.79 Å². The maximum Gasteiger partial charge on any atom is 0.266 e. The van der Waals surface area contributed by atoms with Crippen molar-refractivity contribution in [2.24, 2.45) is 0 Å². The fourth-order valence-corrected chi connectivity index (χ4v) is 2.83. The number of hydrogen-bond acceptors (Lipinski definition) is 4. The third kappa shape index (κ3) is 4.19. The molecule has 0 bridgehead atoms. The summed E-state index contributed by atoms with van der Waals surface area (Å²) < 4.78 is 32.6. The molecule has 1 atom stereocenters. The van der Waals surface area contributed by atoms with Crippen LogP contribution in [0.15, 0.2) is 53.9 Å². The van der Waals surface area contributed by atoms with Crippen molar-refractivity contribution in [1.29, 1.82) is 0 Å². The molecule has 0 saturated heterocycles. The monoisotopic (exact) mass is 360 g/mol. The molecule has 0 aliphatic carbocycles. The first-order valence-corrected chi connectivity index (χ1v) is 8.34. The first-order valence-electron chi connectivity index (χ1n) is 7.46. The summed E-state index contributed by atoms with van der Waals surface area (Å²) in [6.07, 6.45) is -0.736. The highest BCUT2D eigenvalue weighted by Crippen LogP contribution is 2.27. The van der Waals surface area contributed by atoms with Crippen LogP contribution < -0.4 is 10.1 Å². The van der Waals surface area contributed by atoms with Crippen LogP contribution in [-0.4, -0.2) is 17.0 Å². The lowest BCUT2D eigenvalue weighted by Gasteiger charge is -2.13. The van der Waals surface area contributed by atoms with Crippen LogP contribution in [0.25, 0.3) is 11.3 Å². The van der Waals surface area contributed by atoms with Crippen molar-refractivity contribution < 1.29 is 18.3 Å². The van der Waals surface area contributed by atoms with E-state index in [1.54, 1.807) is 36.6 Å². The van der Waals surface area contributed by atoms with Crippen molar-refractivity contribution in [3.05, 3.63) is 65.5 Å². The molecule has 128 valence electrons. The number of benzene rings is 2. The Morgan fingerprint density at radius 2 is 1.96 bits per heavy atom. The van der Waals surface area contributed by atoms with Gasteiger partial charge < -0.3 is 4.74 Å². The van der Waals surface area contributed by atoms with E-state index in [1.807, 2.05) is 6.07 Å². The van der Waals surface area contributed by atoms with Gasteiger partial charge in [-0.1, -0.05) is 18.2 Å². The van der Waals surface area contributed by atoms with Crippen LogP contribution >= 0.6 is 11.3 Å². The van der Waals surface area contributed by atoms with Gasteiger partial charge in [0.25, 0.3) is 5.91 Å². The van der Waals surface area contributed by atoms with Crippen molar-refractivity contribution in [1.82, 2.24) is 4.98 Å². The number of nitrogens with one attached hydrogen (secondary N) is 1. The molecule has 4 nitrogen and oxygen atoms in total. The minimum absolute atomic E-state index is 0.0466. The molecule has 1 heterocycles. The Kier molecular flexibility index (Phi) is 5.04. The zero-order chi connectivity index (χ0) is 17.8. The summed E-state index contributed by atoms with van der Waals surface area (Å²) in [6, 6.07) is 12.1. The van der Waals surface area contributed by atoms with Crippen molar-refractivity contribution >= 4 is 22.4 Å². The second-order valence-electron chi connectivity index (χ2n) is 5.22. The third-order valence-corrected chi connectivity index (χ3v) is 4.12. The molecule has 0 fully saturated rings. The van der Waals surface area contributed by atoms with Gasteiger partial charge in [-0.3, -0.25) is 10.1 Å². The maximum absolute atomic E-state index is 13.8. The number of aromatic nitrogens is 1. The van der Waals surface area contributed by atoms with Crippen LogP contribution in [0.1, 0.15) is 6.92 Å². The molecule has 0 spiro atoms. The molecule has 25 heavy (non-hydrogen) atoms. The highest BCUT2D eigenvalue weighted by Gasteiger charge is 2.17. The van der Waals surface area contributed by atoms with E-state index in [9.17, 15) is 13.6 Å². The molecule has 1 N–H and O–H groups in total. The van der Waals surface area contributed by atoms with Crippen molar-refractivity contribution in [2.75, 3.05) is 5.32 Å². The van der Waals surface area contributed by atoms with Gasteiger partial charge in [-0.05, 0) is 37.3 Å². The third-order valence-electron chi connectivity index (χ3n) is 3.36. The Morgan fingerprint density at radius 1 is 1.20 bits per heavy atom. The summed E-state index contributed by atoms with van der Waals surface area (Å²) in [4.78, 5) is 16.3. The van der Waals surface area contributed by atoms with E-state index >= 15 is 0 Å². The van der Waals surface area contributed by atoms with Gasteiger partial charge in [0.1, 0.15) is 17.4 Å². The van der Waals surface area contributed by atoms with Gasteiger partial charge in [0, 0.05) is 10.9 Å². The van der Waals surface area contributed by atoms with Crippen molar-refractivity contribution in [3.63, 3.8) is 0 Å². The number of para-hydroxylation sites is 1. The smallest absolute Gasteiger partial charge is 0.266 e. The predicted molar refractivity (Wildman–Crippen MR) is 92.6 cm³/mol. The summed E-state index contributed by atoms with van der Waals surface area (Å²) in [7, 11) is 0. The van der Waals surface area contributed by atoms with Crippen LogP contribution in [0.5, 0.6) is 5.75 Å². The molecular weight excluding hydrogens is 346 g/mol. The largest absolute Gasteiger partial charge is 0.481 e. The van der Waals surface area contributed by atoms with Gasteiger partial charge >= 0.3 is 0 Å². The Bertz CT molecular complexity index is 884. The molecule has 3 rings (SSSR count). The van der Waals surface area contributed by atoms with Crippen LogP contribution in [0.3, 0.4) is 0 Å². The molecule has 7 heteroatoms. The number of hydrogen-bond donors (Lipinski definition) is 1. The van der Waals surface area contributed by atoms with Gasteiger partial charge in [-0.2, -0.15) is 0 Å². The first kappa shape index (κ1) is 17.0. The molecule has 0 radical (unpaired) electrons. The highest BCUT2D eigenvalue weighted by atomic mass is 32.1. The van der Waals surface area contributed by atoms with Crippen molar-refractivity contribution in [3.8, 4) is 17.0 Å². The normalized spacial score (nSPS) is 11.8. The highest BCUT2D eigenvalue weighted by molar-refractivity contribution is 7.14. The zero-order valence-electron chi connectivity index (χ0n) is 13.2. The summed E-state index contributed by atoms with van der Waals surface area (Å²) in [5.74, 6) is -0.943. The van der Waals surface area contributed by atoms with E-state index in [2.05, 4.69) is 10.3 Å². The molecule has 0 unspecified atom stereocenters. The number of halogens is 2. The molecule has 2 aromatic carbocycles. The Balaban J connectivity index is 1.68. The lowest BCUT2D eigenvalue weighted by atomic mass is 10.1. The molecule has 0 saturated carbocycles. The summed E-state index contributed by atoms with van der Waals surface area (Å²) in [5.41, 5.74) is 0.305. The molecule has 1 aromatic heterocycles. The number of nitrogens with zero attached hydrogens (tertiary/aromatic N) is 1. The summed E-state index contributed by atoms with van der Waals surface area (Å²) in [5, 5.41) is 4.45. The second kappa shape index (κ2) is 7.40. The Hall–Kier alpha value is -2.80. The van der Waals surface area contributed by atoms with Gasteiger partial charge in [0.05, 0.1) is 5.69 Å². The summed E-state index contributed by atoms with van der Waals surface area (Å²) in [6.45, 7) is 1.61. The SMILES string of the molecule is C[C@@H](Oc1ccccc1)C(=O)Nc1nc(-c2cc(F)ccc2F)cs1. The van der Waals surface area contributed by atoms with E-state index in [1.165, 1.54) is 0 Å². The topological polar surface area (TPSA) is 51.2 Å². The lowest BCUT2D eigenvalue weighted by Crippen LogP contribution is -2.30.